The summed E-state index contributed by atoms with van der Waals surface area (Å²) in [6, 6.07) is 0. The van der Waals surface area contributed by atoms with Gasteiger partial charge in [-0.2, -0.15) is 0 Å². The monoisotopic (exact) mass is 424 g/mol. The average Bonchev–Trinajstić information content (AvgIpc) is 3.01. The second kappa shape index (κ2) is 7.72. The molecule has 12 atom stereocenters. The van der Waals surface area contributed by atoms with Crippen LogP contribution in [0.5, 0.6) is 0 Å². The Kier molecular flexibility index (Phi) is 5.79. The Morgan fingerprint density at radius 1 is 0.933 bits per heavy atom. The van der Waals surface area contributed by atoms with Crippen molar-refractivity contribution in [2.24, 2.45) is 46.3 Å². The third-order valence-corrected chi connectivity index (χ3v) is 10.4. The summed E-state index contributed by atoms with van der Waals surface area (Å²) >= 11 is 0. The minimum atomic E-state index is -0.777. The number of hydrogen-bond acceptors (Lipinski definition) is 5. The smallest absolute Gasteiger partial charge is 0.303 e. The molecule has 0 aromatic heterocycles. The molecular formula is C24H40O6. The van der Waals surface area contributed by atoms with E-state index in [4.69, 9.17) is 5.11 Å². The van der Waals surface area contributed by atoms with Gasteiger partial charge in [-0.15, -0.1) is 0 Å². The highest BCUT2D eigenvalue weighted by Crippen LogP contribution is 2.68. The molecule has 0 bridgehead atoms. The Morgan fingerprint density at radius 3 is 2.27 bits per heavy atom. The van der Waals surface area contributed by atoms with Crippen molar-refractivity contribution >= 4 is 5.97 Å². The first-order chi connectivity index (χ1) is 14.0. The lowest BCUT2D eigenvalue weighted by atomic mass is 9.42. The second-order valence-corrected chi connectivity index (χ2v) is 11.5. The predicted molar refractivity (Wildman–Crippen MR) is 111 cm³/mol. The normalized spacial score (nSPS) is 54.0. The fourth-order valence-electron chi connectivity index (χ4n) is 8.76. The van der Waals surface area contributed by atoms with Crippen molar-refractivity contribution in [1.29, 1.82) is 0 Å². The fourth-order valence-corrected chi connectivity index (χ4v) is 8.76. The predicted octanol–water partition coefficient (Wildman–Crippen LogP) is 2.42. The molecule has 4 saturated carbocycles. The van der Waals surface area contributed by atoms with E-state index in [9.17, 15) is 25.2 Å². The van der Waals surface area contributed by atoms with Crippen LogP contribution in [0.2, 0.25) is 0 Å². The maximum Gasteiger partial charge on any atom is 0.303 e. The number of fused-ring (bicyclic) bond motifs is 5. The molecule has 5 N–H and O–H groups in total. The molecule has 4 aliphatic carbocycles. The molecule has 172 valence electrons. The zero-order valence-electron chi connectivity index (χ0n) is 18.6. The van der Waals surface area contributed by atoms with Crippen LogP contribution in [0.3, 0.4) is 0 Å². The summed E-state index contributed by atoms with van der Waals surface area (Å²) < 4.78 is 0. The van der Waals surface area contributed by atoms with Crippen molar-refractivity contribution in [1.82, 2.24) is 0 Å². The number of carboxylic acids is 1. The Hall–Kier alpha value is -0.690. The molecule has 0 amide bonds. The second-order valence-electron chi connectivity index (χ2n) is 11.5. The van der Waals surface area contributed by atoms with E-state index >= 15 is 0 Å². The van der Waals surface area contributed by atoms with Crippen LogP contribution in [-0.4, -0.2) is 55.9 Å². The van der Waals surface area contributed by atoms with E-state index in [2.05, 4.69) is 20.8 Å². The summed E-state index contributed by atoms with van der Waals surface area (Å²) in [7, 11) is 0. The number of aliphatic hydroxyl groups excluding tert-OH is 4. The number of aliphatic carboxylic acids is 1. The van der Waals surface area contributed by atoms with Crippen LogP contribution in [0.1, 0.15) is 72.1 Å². The van der Waals surface area contributed by atoms with Gasteiger partial charge in [0.05, 0.1) is 24.4 Å². The van der Waals surface area contributed by atoms with Gasteiger partial charge in [-0.25, -0.2) is 0 Å². The van der Waals surface area contributed by atoms with Crippen molar-refractivity contribution < 1.29 is 30.3 Å². The highest BCUT2D eigenvalue weighted by Gasteiger charge is 2.67. The Bertz CT molecular complexity index is 668. The van der Waals surface area contributed by atoms with Gasteiger partial charge in [-0.05, 0) is 91.3 Å². The molecule has 6 nitrogen and oxygen atoms in total. The molecule has 4 fully saturated rings. The topological polar surface area (TPSA) is 118 Å². The van der Waals surface area contributed by atoms with E-state index in [-0.39, 0.29) is 47.3 Å². The molecule has 4 aliphatic rings. The Morgan fingerprint density at radius 2 is 1.60 bits per heavy atom. The molecular weight excluding hydrogens is 384 g/mol. The first-order valence-corrected chi connectivity index (χ1v) is 11.9. The number of aliphatic hydroxyl groups is 4. The molecule has 6 heteroatoms. The zero-order chi connectivity index (χ0) is 22.0. The summed E-state index contributed by atoms with van der Waals surface area (Å²) in [6.07, 6.45) is 2.68. The van der Waals surface area contributed by atoms with Crippen molar-refractivity contribution in [2.45, 2.75) is 96.6 Å². The van der Waals surface area contributed by atoms with E-state index < -0.39 is 35.8 Å². The van der Waals surface area contributed by atoms with Crippen LogP contribution in [0.4, 0.5) is 0 Å². The molecule has 0 aromatic rings. The standard InChI is InChI=1S/C24H40O6/c1-12(4-7-21(29)30)15-5-6-16-22-17(11-20(28)24(15,16)3)23(2)13(9-18(22)26)8-14(25)10-19(23)27/h12-20,22,25-28H,4-11H2,1-3H3,(H,29,30)/t12?,13?,14?,15?,16?,17?,18?,19?,20?,22?,23-,24+/m0/s1. The summed E-state index contributed by atoms with van der Waals surface area (Å²) in [5.74, 6) is -0.00131. The number of carbonyl (C=O) groups is 1. The molecule has 30 heavy (non-hydrogen) atoms. The highest BCUT2D eigenvalue weighted by molar-refractivity contribution is 5.66. The Balaban J connectivity index is 1.63. The van der Waals surface area contributed by atoms with Gasteiger partial charge in [0.2, 0.25) is 0 Å². The van der Waals surface area contributed by atoms with Crippen LogP contribution >= 0.6 is 0 Å². The van der Waals surface area contributed by atoms with Crippen molar-refractivity contribution in [3.63, 3.8) is 0 Å². The lowest BCUT2D eigenvalue weighted by molar-refractivity contribution is -0.234. The van der Waals surface area contributed by atoms with E-state index in [1.54, 1.807) is 0 Å². The molecule has 0 saturated heterocycles. The summed E-state index contributed by atoms with van der Waals surface area (Å²) in [5, 5.41) is 53.1. The Labute approximate surface area is 179 Å². The average molecular weight is 425 g/mol. The molecule has 0 spiro atoms. The van der Waals surface area contributed by atoms with Crippen LogP contribution in [-0.2, 0) is 4.79 Å². The summed E-state index contributed by atoms with van der Waals surface area (Å²) in [6.45, 7) is 6.39. The molecule has 4 rings (SSSR count). The fraction of sp³-hybridized carbons (Fsp3) is 0.958. The van der Waals surface area contributed by atoms with E-state index in [0.717, 1.165) is 12.8 Å². The number of rotatable bonds is 4. The first kappa shape index (κ1) is 22.5. The highest BCUT2D eigenvalue weighted by atomic mass is 16.4. The van der Waals surface area contributed by atoms with Crippen molar-refractivity contribution in [3.8, 4) is 0 Å². The lowest BCUT2D eigenvalue weighted by Gasteiger charge is -2.64. The van der Waals surface area contributed by atoms with E-state index in [1.165, 1.54) is 0 Å². The summed E-state index contributed by atoms with van der Waals surface area (Å²) in [5.41, 5.74) is -0.721. The van der Waals surface area contributed by atoms with Crippen molar-refractivity contribution in [3.05, 3.63) is 0 Å². The molecule has 0 aliphatic heterocycles. The third-order valence-electron chi connectivity index (χ3n) is 10.4. The van der Waals surface area contributed by atoms with Gasteiger partial charge in [0.25, 0.3) is 0 Å². The van der Waals surface area contributed by atoms with Crippen LogP contribution in [0.15, 0.2) is 0 Å². The zero-order valence-corrected chi connectivity index (χ0v) is 18.6. The van der Waals surface area contributed by atoms with Crippen LogP contribution in [0.25, 0.3) is 0 Å². The van der Waals surface area contributed by atoms with Crippen LogP contribution in [0, 0.1) is 46.3 Å². The van der Waals surface area contributed by atoms with Crippen molar-refractivity contribution in [2.75, 3.05) is 0 Å². The van der Waals surface area contributed by atoms with Gasteiger partial charge in [0.1, 0.15) is 0 Å². The van der Waals surface area contributed by atoms with Gasteiger partial charge in [-0.1, -0.05) is 20.8 Å². The maximum atomic E-state index is 11.5. The largest absolute Gasteiger partial charge is 0.481 e. The minimum Gasteiger partial charge on any atom is -0.481 e. The first-order valence-electron chi connectivity index (χ1n) is 11.9. The van der Waals surface area contributed by atoms with Gasteiger partial charge < -0.3 is 25.5 Å². The molecule has 0 heterocycles. The minimum absolute atomic E-state index is 0.0369. The van der Waals surface area contributed by atoms with Crippen LogP contribution < -0.4 is 0 Å². The summed E-state index contributed by atoms with van der Waals surface area (Å²) in [4.78, 5) is 11.1. The SMILES string of the molecule is CC(CCC(=O)O)C1CCC2C3C(O)CC4CC(O)CC(O)[C@]4(C)C3CC(O)[C@]12C. The maximum absolute atomic E-state index is 11.5. The lowest BCUT2D eigenvalue weighted by Crippen LogP contribution is -2.65. The quantitative estimate of drug-likeness (QED) is 0.473. The molecule has 10 unspecified atom stereocenters. The molecule has 0 radical (unpaired) electrons. The van der Waals surface area contributed by atoms with Gasteiger partial charge in [-0.3, -0.25) is 4.79 Å². The molecule has 0 aromatic carbocycles. The van der Waals surface area contributed by atoms with E-state index in [0.29, 0.717) is 32.1 Å². The third kappa shape index (κ3) is 3.16. The number of hydrogen-bond donors (Lipinski definition) is 5. The van der Waals surface area contributed by atoms with Gasteiger partial charge in [0, 0.05) is 6.42 Å². The van der Waals surface area contributed by atoms with E-state index in [1.807, 2.05) is 0 Å². The number of carboxylic acid groups (broad SMARTS) is 1. The van der Waals surface area contributed by atoms with Gasteiger partial charge in [0.15, 0.2) is 0 Å². The van der Waals surface area contributed by atoms with Gasteiger partial charge >= 0.3 is 5.97 Å².